The van der Waals surface area contributed by atoms with E-state index < -0.39 is 17.8 Å². The van der Waals surface area contributed by atoms with Gasteiger partial charge in [-0.15, -0.1) is 0 Å². The molecule has 0 atom stereocenters. The fraction of sp³-hybridized carbons (Fsp3) is 0.200. The number of rotatable bonds is 4. The average Bonchev–Trinajstić information content (AvgIpc) is 3.24. The van der Waals surface area contributed by atoms with Gasteiger partial charge in [0.1, 0.15) is 5.75 Å². The summed E-state index contributed by atoms with van der Waals surface area (Å²) in [4.78, 5) is 37.1. The number of carbonyl (C=O) groups is 3. The SMILES string of the molecule is O=C(NN=Cc1ccc(OC(=O)c2ccccc2)cc1)C(=O)N1CCCC1. The first-order valence-electron chi connectivity index (χ1n) is 8.63. The van der Waals surface area contributed by atoms with Crippen LogP contribution in [0.25, 0.3) is 0 Å². The quantitative estimate of drug-likeness (QED) is 0.295. The molecule has 2 amide bonds. The normalized spacial score (nSPS) is 13.6. The number of hydrogen-bond donors (Lipinski definition) is 1. The summed E-state index contributed by atoms with van der Waals surface area (Å²) in [5.41, 5.74) is 3.38. The minimum atomic E-state index is -0.749. The number of amides is 2. The van der Waals surface area contributed by atoms with Crippen LogP contribution >= 0.6 is 0 Å². The van der Waals surface area contributed by atoms with E-state index in [-0.39, 0.29) is 0 Å². The van der Waals surface area contributed by atoms with Crippen molar-refractivity contribution in [2.24, 2.45) is 5.10 Å². The highest BCUT2D eigenvalue weighted by Crippen LogP contribution is 2.13. The Balaban J connectivity index is 1.51. The number of likely N-dealkylation sites (tertiary alicyclic amines) is 1. The van der Waals surface area contributed by atoms with Crippen molar-refractivity contribution in [2.45, 2.75) is 12.8 Å². The summed E-state index contributed by atoms with van der Waals surface area (Å²) in [6, 6.07) is 15.3. The van der Waals surface area contributed by atoms with Crippen LogP contribution in [0.4, 0.5) is 0 Å². The number of hydrogen-bond acceptors (Lipinski definition) is 5. The highest BCUT2D eigenvalue weighted by molar-refractivity contribution is 6.35. The highest BCUT2D eigenvalue weighted by Gasteiger charge is 2.23. The Kier molecular flexibility index (Phi) is 5.94. The fourth-order valence-corrected chi connectivity index (χ4v) is 2.64. The van der Waals surface area contributed by atoms with Crippen molar-refractivity contribution in [2.75, 3.05) is 13.1 Å². The molecule has 7 heteroatoms. The van der Waals surface area contributed by atoms with Gasteiger partial charge in [-0.3, -0.25) is 9.59 Å². The molecule has 0 radical (unpaired) electrons. The molecule has 1 aliphatic rings. The molecule has 27 heavy (non-hydrogen) atoms. The van der Waals surface area contributed by atoms with Gasteiger partial charge in [0, 0.05) is 13.1 Å². The highest BCUT2D eigenvalue weighted by atomic mass is 16.5. The molecule has 0 saturated carbocycles. The van der Waals surface area contributed by atoms with E-state index in [1.165, 1.54) is 11.1 Å². The van der Waals surface area contributed by atoms with Gasteiger partial charge in [0.25, 0.3) is 0 Å². The van der Waals surface area contributed by atoms with Gasteiger partial charge in [0.05, 0.1) is 11.8 Å². The summed E-state index contributed by atoms with van der Waals surface area (Å²) in [5.74, 6) is -1.35. The largest absolute Gasteiger partial charge is 0.423 e. The van der Waals surface area contributed by atoms with Crippen LogP contribution in [-0.2, 0) is 9.59 Å². The van der Waals surface area contributed by atoms with Gasteiger partial charge in [0.2, 0.25) is 0 Å². The predicted molar refractivity (Wildman–Crippen MR) is 99.4 cm³/mol. The summed E-state index contributed by atoms with van der Waals surface area (Å²) in [5, 5.41) is 3.79. The lowest BCUT2D eigenvalue weighted by Gasteiger charge is -2.12. The smallest absolute Gasteiger partial charge is 0.343 e. The summed E-state index contributed by atoms with van der Waals surface area (Å²) in [7, 11) is 0. The van der Waals surface area contributed by atoms with Gasteiger partial charge in [-0.1, -0.05) is 18.2 Å². The monoisotopic (exact) mass is 365 g/mol. The molecular formula is C20H19N3O4. The first-order chi connectivity index (χ1) is 13.1. The standard InChI is InChI=1S/C20H19N3O4/c24-18(19(25)23-12-4-5-13-23)22-21-14-15-8-10-17(11-9-15)27-20(26)16-6-2-1-3-7-16/h1-3,6-11,14H,4-5,12-13H2,(H,22,24). The summed E-state index contributed by atoms with van der Waals surface area (Å²) in [6.45, 7) is 1.22. The lowest BCUT2D eigenvalue weighted by atomic mass is 10.2. The average molecular weight is 365 g/mol. The van der Waals surface area contributed by atoms with E-state index in [9.17, 15) is 14.4 Å². The Labute approximate surface area is 156 Å². The second-order valence-electron chi connectivity index (χ2n) is 6.02. The van der Waals surface area contributed by atoms with Crippen LogP contribution in [0.15, 0.2) is 59.7 Å². The van der Waals surface area contributed by atoms with Crippen molar-refractivity contribution >= 4 is 24.0 Å². The van der Waals surface area contributed by atoms with Crippen LogP contribution in [0, 0.1) is 0 Å². The second kappa shape index (κ2) is 8.75. The minimum Gasteiger partial charge on any atom is -0.423 e. The van der Waals surface area contributed by atoms with E-state index in [1.807, 2.05) is 6.07 Å². The maximum atomic E-state index is 12.0. The van der Waals surface area contributed by atoms with E-state index in [0.29, 0.717) is 30.0 Å². The van der Waals surface area contributed by atoms with Crippen molar-refractivity contribution in [3.63, 3.8) is 0 Å². The zero-order chi connectivity index (χ0) is 19.1. The molecule has 2 aromatic carbocycles. The third-order valence-electron chi connectivity index (χ3n) is 4.07. The summed E-state index contributed by atoms with van der Waals surface area (Å²) < 4.78 is 5.28. The first-order valence-corrected chi connectivity index (χ1v) is 8.63. The first kappa shape index (κ1) is 18.3. The van der Waals surface area contributed by atoms with Crippen LogP contribution in [-0.4, -0.2) is 42.0 Å². The molecule has 1 heterocycles. The van der Waals surface area contributed by atoms with E-state index in [4.69, 9.17) is 4.74 Å². The van der Waals surface area contributed by atoms with Crippen molar-refractivity contribution in [3.05, 3.63) is 65.7 Å². The van der Waals surface area contributed by atoms with Gasteiger partial charge in [-0.2, -0.15) is 5.10 Å². The lowest BCUT2D eigenvalue weighted by Crippen LogP contribution is -2.39. The number of ether oxygens (including phenoxy) is 1. The summed E-state index contributed by atoms with van der Waals surface area (Å²) in [6.07, 6.45) is 3.25. The van der Waals surface area contributed by atoms with Gasteiger partial charge in [-0.25, -0.2) is 10.2 Å². The fourth-order valence-electron chi connectivity index (χ4n) is 2.64. The summed E-state index contributed by atoms with van der Waals surface area (Å²) >= 11 is 0. The molecule has 1 fully saturated rings. The number of carbonyl (C=O) groups excluding carboxylic acids is 3. The van der Waals surface area contributed by atoms with Crippen molar-refractivity contribution in [3.8, 4) is 5.75 Å². The molecule has 1 aliphatic heterocycles. The number of nitrogens with zero attached hydrogens (tertiary/aromatic N) is 2. The van der Waals surface area contributed by atoms with E-state index in [0.717, 1.165) is 12.8 Å². The lowest BCUT2D eigenvalue weighted by molar-refractivity contribution is -0.145. The Bertz CT molecular complexity index is 841. The van der Waals surface area contributed by atoms with Gasteiger partial charge >= 0.3 is 17.8 Å². The molecule has 3 rings (SSSR count). The van der Waals surface area contributed by atoms with Crippen molar-refractivity contribution < 1.29 is 19.1 Å². The van der Waals surface area contributed by atoms with Crippen molar-refractivity contribution in [1.29, 1.82) is 0 Å². The maximum Gasteiger partial charge on any atom is 0.343 e. The van der Waals surface area contributed by atoms with Crippen molar-refractivity contribution in [1.82, 2.24) is 10.3 Å². The third-order valence-corrected chi connectivity index (χ3v) is 4.07. The zero-order valence-corrected chi connectivity index (χ0v) is 14.6. The van der Waals surface area contributed by atoms with Crippen LogP contribution in [0.5, 0.6) is 5.75 Å². The van der Waals surface area contributed by atoms with Gasteiger partial charge < -0.3 is 9.64 Å². The Hall–Kier alpha value is -3.48. The third kappa shape index (κ3) is 5.01. The topological polar surface area (TPSA) is 88.1 Å². The molecule has 1 N–H and O–H groups in total. The van der Waals surface area contributed by atoms with Gasteiger partial charge in [-0.05, 0) is 54.8 Å². The van der Waals surface area contributed by atoms with Gasteiger partial charge in [0.15, 0.2) is 0 Å². The number of nitrogens with one attached hydrogen (secondary N) is 1. The molecule has 2 aromatic rings. The molecular weight excluding hydrogens is 346 g/mol. The molecule has 0 spiro atoms. The van der Waals surface area contributed by atoms with Crippen LogP contribution in [0.1, 0.15) is 28.8 Å². The number of esters is 1. The molecule has 7 nitrogen and oxygen atoms in total. The second-order valence-corrected chi connectivity index (χ2v) is 6.02. The zero-order valence-electron chi connectivity index (χ0n) is 14.6. The van der Waals surface area contributed by atoms with Crippen LogP contribution in [0.2, 0.25) is 0 Å². The molecule has 0 aliphatic carbocycles. The molecule has 0 unspecified atom stereocenters. The molecule has 0 bridgehead atoms. The van der Waals surface area contributed by atoms with E-state index >= 15 is 0 Å². The number of hydrazone groups is 1. The molecule has 138 valence electrons. The number of benzene rings is 2. The van der Waals surface area contributed by atoms with E-state index in [2.05, 4.69) is 10.5 Å². The minimum absolute atomic E-state index is 0.397. The van der Waals surface area contributed by atoms with E-state index in [1.54, 1.807) is 48.5 Å². The van der Waals surface area contributed by atoms with Crippen LogP contribution in [0.3, 0.4) is 0 Å². The Morgan fingerprint density at radius 3 is 2.30 bits per heavy atom. The maximum absolute atomic E-state index is 12.0. The Morgan fingerprint density at radius 2 is 1.63 bits per heavy atom. The molecule has 1 saturated heterocycles. The Morgan fingerprint density at radius 1 is 0.963 bits per heavy atom. The predicted octanol–water partition coefficient (Wildman–Crippen LogP) is 1.98. The van der Waals surface area contributed by atoms with Crippen LogP contribution < -0.4 is 10.2 Å². The molecule has 0 aromatic heterocycles.